The van der Waals surface area contributed by atoms with Gasteiger partial charge in [0.25, 0.3) is 0 Å². The predicted molar refractivity (Wildman–Crippen MR) is 136 cm³/mol. The third-order valence-corrected chi connectivity index (χ3v) is 5.24. The van der Waals surface area contributed by atoms with Gasteiger partial charge in [-0.1, -0.05) is 43.0 Å². The first kappa shape index (κ1) is 22.6. The lowest BCUT2D eigenvalue weighted by Gasteiger charge is -2.14. The molecule has 0 saturated heterocycles. The van der Waals surface area contributed by atoms with E-state index in [4.69, 9.17) is 9.41 Å². The van der Waals surface area contributed by atoms with Crippen LogP contribution in [0.3, 0.4) is 0 Å². The molecule has 5 rings (SSSR count). The molecule has 0 fully saturated rings. The van der Waals surface area contributed by atoms with Crippen LogP contribution in [0.25, 0.3) is 17.1 Å². The summed E-state index contributed by atoms with van der Waals surface area (Å²) in [5.41, 5.74) is 8.09. The average Bonchev–Trinajstić information content (AvgIpc) is 3.47. The monoisotopic (exact) mass is 454 g/mol. The number of thioether (sulfide) groups is 1. The van der Waals surface area contributed by atoms with Gasteiger partial charge < -0.3 is 4.42 Å². The van der Waals surface area contributed by atoms with Crippen molar-refractivity contribution in [3.8, 4) is 29.0 Å². The molecule has 4 aromatic rings. The Morgan fingerprint density at radius 1 is 1.12 bits per heavy atom. The van der Waals surface area contributed by atoms with Gasteiger partial charge in [0.05, 0.1) is 29.8 Å². The Labute approximate surface area is 199 Å². The van der Waals surface area contributed by atoms with Crippen molar-refractivity contribution in [2.45, 2.75) is 26.8 Å². The van der Waals surface area contributed by atoms with Gasteiger partial charge in [-0.2, -0.15) is 11.8 Å². The largest absolute Gasteiger partial charge is 0.442 e. The standard InChI is InChI=1S/C25H20N4O.C2H6S/c1-3-4-8-18-10-11-21-20(12-18)24(19-9-6-5-7-17(19)2)27-13-22-25(28-15-29(21)22)23-14-26-16-30-23;1-3-2/h5-7,9-12,14-16H,3,13H2,1-2H3;1-2H3. The van der Waals surface area contributed by atoms with Crippen LogP contribution in [0.2, 0.25) is 0 Å². The molecule has 0 saturated carbocycles. The van der Waals surface area contributed by atoms with Gasteiger partial charge in [-0.15, -0.1) is 0 Å². The van der Waals surface area contributed by atoms with E-state index in [2.05, 4.69) is 82.7 Å². The maximum Gasteiger partial charge on any atom is 0.181 e. The molecule has 2 aromatic carbocycles. The van der Waals surface area contributed by atoms with Crippen LogP contribution in [0, 0.1) is 18.8 Å². The first-order chi connectivity index (χ1) is 16.2. The zero-order valence-electron chi connectivity index (χ0n) is 19.3. The maximum atomic E-state index is 5.51. The SMILES string of the molecule is CCC#Cc1ccc2c(c1)C(c1ccccc1C)=NCc1c(-c3cnco3)ncn1-2.CSC. The lowest BCUT2D eigenvalue weighted by atomic mass is 9.95. The van der Waals surface area contributed by atoms with E-state index < -0.39 is 0 Å². The average molecular weight is 455 g/mol. The fourth-order valence-electron chi connectivity index (χ4n) is 3.78. The van der Waals surface area contributed by atoms with Crippen LogP contribution in [0.5, 0.6) is 0 Å². The summed E-state index contributed by atoms with van der Waals surface area (Å²) < 4.78 is 7.61. The highest BCUT2D eigenvalue weighted by molar-refractivity contribution is 7.97. The Morgan fingerprint density at radius 2 is 1.94 bits per heavy atom. The summed E-state index contributed by atoms with van der Waals surface area (Å²) >= 11 is 1.75. The van der Waals surface area contributed by atoms with Crippen LogP contribution in [0.4, 0.5) is 0 Å². The second kappa shape index (κ2) is 10.4. The topological polar surface area (TPSA) is 56.2 Å². The van der Waals surface area contributed by atoms with Gasteiger partial charge in [-0.25, -0.2) is 9.97 Å². The maximum absolute atomic E-state index is 5.51. The van der Waals surface area contributed by atoms with Gasteiger partial charge in [0.15, 0.2) is 12.2 Å². The van der Waals surface area contributed by atoms with Crippen LogP contribution in [-0.4, -0.2) is 32.8 Å². The Balaban J connectivity index is 0.000000821. The number of aliphatic imine (C=N–C) groups is 1. The number of aryl methyl sites for hydroxylation is 1. The molecule has 6 heteroatoms. The molecular weight excluding hydrogens is 428 g/mol. The van der Waals surface area contributed by atoms with Crippen molar-refractivity contribution in [3.05, 3.63) is 89.3 Å². The molecule has 0 atom stereocenters. The predicted octanol–water partition coefficient (Wildman–Crippen LogP) is 5.93. The minimum absolute atomic E-state index is 0.490. The first-order valence-electron chi connectivity index (χ1n) is 10.8. The molecule has 166 valence electrons. The van der Waals surface area contributed by atoms with Crippen molar-refractivity contribution in [2.75, 3.05) is 12.5 Å². The van der Waals surface area contributed by atoms with Crippen molar-refractivity contribution in [3.63, 3.8) is 0 Å². The summed E-state index contributed by atoms with van der Waals surface area (Å²) in [5.74, 6) is 7.06. The highest BCUT2D eigenvalue weighted by Gasteiger charge is 2.24. The van der Waals surface area contributed by atoms with E-state index in [0.29, 0.717) is 12.3 Å². The molecule has 0 radical (unpaired) electrons. The number of fused-ring (bicyclic) bond motifs is 3. The molecule has 0 aliphatic carbocycles. The fourth-order valence-corrected chi connectivity index (χ4v) is 3.78. The number of hydrogen-bond donors (Lipinski definition) is 0. The molecule has 0 N–H and O–H groups in total. The zero-order chi connectivity index (χ0) is 23.2. The van der Waals surface area contributed by atoms with Crippen LogP contribution in [0.15, 0.2) is 70.8 Å². The summed E-state index contributed by atoms with van der Waals surface area (Å²) in [6.45, 7) is 4.66. The molecule has 2 aromatic heterocycles. The summed E-state index contributed by atoms with van der Waals surface area (Å²) in [7, 11) is 0. The highest BCUT2D eigenvalue weighted by atomic mass is 32.2. The summed E-state index contributed by atoms with van der Waals surface area (Å²) in [6.07, 6.45) is 9.85. The van der Waals surface area contributed by atoms with Crippen LogP contribution >= 0.6 is 11.8 Å². The lowest BCUT2D eigenvalue weighted by Crippen LogP contribution is -2.09. The van der Waals surface area contributed by atoms with Crippen molar-refractivity contribution in [1.82, 2.24) is 14.5 Å². The van der Waals surface area contributed by atoms with Crippen molar-refractivity contribution < 1.29 is 4.42 Å². The third kappa shape index (κ3) is 4.64. The minimum atomic E-state index is 0.490. The normalized spacial score (nSPS) is 11.7. The summed E-state index contributed by atoms with van der Waals surface area (Å²) in [6, 6.07) is 14.6. The van der Waals surface area contributed by atoms with E-state index in [1.165, 1.54) is 12.0 Å². The fraction of sp³-hybridized carbons (Fsp3) is 0.222. The Morgan fingerprint density at radius 3 is 2.67 bits per heavy atom. The third-order valence-electron chi connectivity index (χ3n) is 5.24. The second-order valence-corrected chi connectivity index (χ2v) is 8.37. The van der Waals surface area contributed by atoms with Gasteiger partial charge >= 0.3 is 0 Å². The molecule has 0 unspecified atom stereocenters. The number of benzene rings is 2. The molecule has 1 aliphatic heterocycles. The molecule has 3 heterocycles. The van der Waals surface area contributed by atoms with Crippen molar-refractivity contribution in [2.24, 2.45) is 4.99 Å². The van der Waals surface area contributed by atoms with E-state index in [9.17, 15) is 0 Å². The van der Waals surface area contributed by atoms with Gasteiger partial charge in [0.1, 0.15) is 12.0 Å². The number of hydrogen-bond acceptors (Lipinski definition) is 5. The summed E-state index contributed by atoms with van der Waals surface area (Å²) in [4.78, 5) is 13.7. The van der Waals surface area contributed by atoms with Gasteiger partial charge in [0.2, 0.25) is 0 Å². The minimum Gasteiger partial charge on any atom is -0.442 e. The molecule has 33 heavy (non-hydrogen) atoms. The number of oxazole rings is 1. The van der Waals surface area contributed by atoms with Crippen LogP contribution in [0.1, 0.15) is 41.3 Å². The Bertz CT molecular complexity index is 1340. The molecule has 0 amide bonds. The van der Waals surface area contributed by atoms with E-state index in [1.807, 2.05) is 18.8 Å². The number of aromatic nitrogens is 3. The molecular formula is C27H26N4OS. The van der Waals surface area contributed by atoms with Crippen molar-refractivity contribution in [1.29, 1.82) is 0 Å². The smallest absolute Gasteiger partial charge is 0.181 e. The van der Waals surface area contributed by atoms with Crippen LogP contribution in [-0.2, 0) is 6.54 Å². The van der Waals surface area contributed by atoms with Gasteiger partial charge in [-0.05, 0) is 43.2 Å². The molecule has 0 spiro atoms. The van der Waals surface area contributed by atoms with Gasteiger partial charge in [0, 0.05) is 23.1 Å². The Hall–Kier alpha value is -3.56. The Kier molecular flexibility index (Phi) is 7.11. The first-order valence-corrected chi connectivity index (χ1v) is 12.4. The van der Waals surface area contributed by atoms with E-state index >= 15 is 0 Å². The number of nitrogens with zero attached hydrogens (tertiary/aromatic N) is 4. The molecule has 0 bridgehead atoms. The quantitative estimate of drug-likeness (QED) is 0.352. The number of imidazole rings is 1. The van der Waals surface area contributed by atoms with E-state index in [0.717, 1.165) is 45.9 Å². The second-order valence-electron chi connectivity index (χ2n) is 7.55. The van der Waals surface area contributed by atoms with Crippen molar-refractivity contribution >= 4 is 17.5 Å². The molecule has 1 aliphatic rings. The van der Waals surface area contributed by atoms with E-state index in [-0.39, 0.29) is 0 Å². The lowest BCUT2D eigenvalue weighted by molar-refractivity contribution is 0.569. The van der Waals surface area contributed by atoms with Crippen LogP contribution < -0.4 is 0 Å². The van der Waals surface area contributed by atoms with E-state index in [1.54, 1.807) is 18.0 Å². The zero-order valence-corrected chi connectivity index (χ0v) is 20.1. The van der Waals surface area contributed by atoms with Gasteiger partial charge in [-0.3, -0.25) is 9.56 Å². The summed E-state index contributed by atoms with van der Waals surface area (Å²) in [5, 5.41) is 0. The molecule has 5 nitrogen and oxygen atoms in total. The highest BCUT2D eigenvalue weighted by Crippen LogP contribution is 2.31. The number of rotatable bonds is 2.